The molecule has 0 aromatic rings. The zero-order valence-electron chi connectivity index (χ0n) is 7.89. The maximum atomic E-state index is 11.0. The van der Waals surface area contributed by atoms with Crippen molar-refractivity contribution in [1.29, 1.82) is 0 Å². The van der Waals surface area contributed by atoms with Gasteiger partial charge in [-0.15, -0.1) is 0 Å². The van der Waals surface area contributed by atoms with Gasteiger partial charge >= 0.3 is 7.94 Å². The Bertz CT molecular complexity index is 186. The monoisotopic (exact) mass is 265 g/mol. The van der Waals surface area contributed by atoms with Gasteiger partial charge in [-0.25, -0.2) is 19.6 Å². The van der Waals surface area contributed by atoms with E-state index in [1.54, 1.807) is 0 Å². The lowest BCUT2D eigenvalue weighted by atomic mass is 10.6. The molecule has 15 heavy (non-hydrogen) atoms. The minimum Gasteiger partial charge on any atom is -0.631 e. The molecule has 0 aliphatic heterocycles. The van der Waals surface area contributed by atoms with E-state index in [2.05, 4.69) is 10.5 Å². The second kappa shape index (κ2) is 6.29. The predicted octanol–water partition coefficient (Wildman–Crippen LogP) is -4.41. The van der Waals surface area contributed by atoms with Crippen LogP contribution in [0.3, 0.4) is 0 Å². The average Bonchev–Trinajstić information content (AvgIpc) is 2.01. The molecule has 9 nitrogen and oxygen atoms in total. The third-order valence-corrected chi connectivity index (χ3v) is 3.31. The summed E-state index contributed by atoms with van der Waals surface area (Å²) in [5, 5.41) is 8.58. The van der Waals surface area contributed by atoms with Gasteiger partial charge in [-0.1, -0.05) is 0 Å². The van der Waals surface area contributed by atoms with Gasteiger partial charge in [-0.05, 0) is 4.62 Å². The molecule has 0 aromatic heterocycles. The molecule has 1 unspecified atom stereocenters. The molecule has 11 heteroatoms. The molecule has 92 valence electrons. The van der Waals surface area contributed by atoms with Gasteiger partial charge in [0.1, 0.15) is 0 Å². The normalized spacial score (nSPS) is 16.8. The van der Waals surface area contributed by atoms with Gasteiger partial charge in [0.05, 0.1) is 6.61 Å². The molecule has 0 aromatic carbocycles. The Labute approximate surface area is 87.5 Å². The van der Waals surface area contributed by atoms with E-state index in [0.717, 1.165) is 4.90 Å². The number of aliphatic hydroxyl groups excluding tert-OH is 1. The Balaban J connectivity index is 4.28. The molecule has 0 aliphatic rings. The molecular formula is C4H15N2O7P2+. The van der Waals surface area contributed by atoms with Crippen molar-refractivity contribution < 1.29 is 40.1 Å². The second-order valence-corrected chi connectivity index (χ2v) is 6.26. The summed E-state index contributed by atoms with van der Waals surface area (Å²) in [6.07, 6.45) is -1.32. The van der Waals surface area contributed by atoms with Crippen LogP contribution in [0.2, 0.25) is 0 Å². The third-order valence-electron chi connectivity index (χ3n) is 1.38. The van der Waals surface area contributed by atoms with E-state index in [-0.39, 0.29) is 6.54 Å². The Morgan fingerprint density at radius 1 is 1.20 bits per heavy atom. The predicted molar refractivity (Wildman–Crippen MR) is 48.0 cm³/mol. The zero-order chi connectivity index (χ0) is 12.1. The van der Waals surface area contributed by atoms with Crippen molar-refractivity contribution in [3.63, 3.8) is 0 Å². The molecule has 7 N–H and O–H groups in total. The average molecular weight is 265 g/mol. The van der Waals surface area contributed by atoms with Crippen molar-refractivity contribution in [1.82, 2.24) is 4.90 Å². The molecule has 0 heterocycles. The van der Waals surface area contributed by atoms with Gasteiger partial charge in [0.25, 0.3) is 0 Å². The first-order valence-electron chi connectivity index (χ1n) is 3.83. The highest BCUT2D eigenvalue weighted by Gasteiger charge is 2.34. The minimum atomic E-state index is -4.34. The SMILES string of the molecule is [NH3+]O[P+]([O-])(O)CN(CCO)C[P+]([O-])(O)O. The molecule has 0 radical (unpaired) electrons. The first-order chi connectivity index (χ1) is 6.70. The summed E-state index contributed by atoms with van der Waals surface area (Å²) in [5.41, 5.74) is 0. The summed E-state index contributed by atoms with van der Waals surface area (Å²) < 4.78 is 4.01. The van der Waals surface area contributed by atoms with E-state index in [4.69, 9.17) is 19.8 Å². The minimum absolute atomic E-state index is 0.140. The quantitative estimate of drug-likeness (QED) is 0.227. The Morgan fingerprint density at radius 3 is 2.07 bits per heavy atom. The van der Waals surface area contributed by atoms with E-state index in [9.17, 15) is 9.79 Å². The lowest BCUT2D eigenvalue weighted by Gasteiger charge is -2.27. The lowest BCUT2D eigenvalue weighted by Crippen LogP contribution is -2.52. The summed E-state index contributed by atoms with van der Waals surface area (Å²) in [5.74, 6) is 2.77. The van der Waals surface area contributed by atoms with Gasteiger partial charge in [-0.3, -0.25) is 0 Å². The molecule has 0 fully saturated rings. The van der Waals surface area contributed by atoms with Crippen LogP contribution in [0.15, 0.2) is 0 Å². The molecule has 1 atom stereocenters. The van der Waals surface area contributed by atoms with Gasteiger partial charge in [0.2, 0.25) is 7.94 Å². The summed E-state index contributed by atoms with van der Waals surface area (Å²) in [4.78, 5) is 48.9. The van der Waals surface area contributed by atoms with E-state index in [1.807, 2.05) is 0 Å². The second-order valence-electron chi connectivity index (χ2n) is 2.83. The highest BCUT2D eigenvalue weighted by atomic mass is 31.2. The van der Waals surface area contributed by atoms with Crippen LogP contribution in [0.4, 0.5) is 0 Å². The number of rotatable bonds is 7. The van der Waals surface area contributed by atoms with Crippen LogP contribution in [0.1, 0.15) is 0 Å². The van der Waals surface area contributed by atoms with Crippen molar-refractivity contribution in [2.45, 2.75) is 0 Å². The first kappa shape index (κ1) is 15.5. The van der Waals surface area contributed by atoms with Crippen LogP contribution in [-0.4, -0.2) is 50.4 Å². The molecule has 0 saturated carbocycles. The van der Waals surface area contributed by atoms with Crippen LogP contribution in [0.5, 0.6) is 0 Å². The lowest BCUT2D eigenvalue weighted by molar-refractivity contribution is -0.651. The van der Waals surface area contributed by atoms with E-state index >= 15 is 0 Å². The first-order valence-corrected chi connectivity index (χ1v) is 7.39. The Morgan fingerprint density at radius 2 is 1.73 bits per heavy atom. The van der Waals surface area contributed by atoms with Crippen LogP contribution >= 0.6 is 15.9 Å². The fraction of sp³-hybridized carbons (Fsp3) is 1.00. The van der Waals surface area contributed by atoms with Gasteiger partial charge in [0.15, 0.2) is 12.6 Å². The van der Waals surface area contributed by atoms with Crippen LogP contribution in [0, 0.1) is 0 Å². The van der Waals surface area contributed by atoms with Crippen LogP contribution in [-0.2, 0) is 4.62 Å². The van der Waals surface area contributed by atoms with Crippen LogP contribution < -0.4 is 15.7 Å². The van der Waals surface area contributed by atoms with Crippen molar-refractivity contribution in [3.05, 3.63) is 0 Å². The highest BCUT2D eigenvalue weighted by molar-refractivity contribution is 7.58. The molecule has 0 rings (SSSR count). The summed E-state index contributed by atoms with van der Waals surface area (Å²) in [6.45, 7) is -0.532. The summed E-state index contributed by atoms with van der Waals surface area (Å²) in [7, 11) is -8.33. The fourth-order valence-electron chi connectivity index (χ4n) is 0.882. The fourth-order valence-corrected chi connectivity index (χ4v) is 2.63. The number of nitrogens with zero attached hydrogens (tertiary/aromatic N) is 1. The maximum absolute atomic E-state index is 11.0. The van der Waals surface area contributed by atoms with Gasteiger partial charge in [-0.2, -0.15) is 5.90 Å². The molecular weight excluding hydrogens is 250 g/mol. The van der Waals surface area contributed by atoms with Gasteiger partial charge < -0.3 is 14.9 Å². The molecule has 0 aliphatic carbocycles. The Kier molecular flexibility index (Phi) is 6.50. The largest absolute Gasteiger partial charge is 0.631 e. The molecule has 0 spiro atoms. The maximum Gasteiger partial charge on any atom is 0.317 e. The number of aliphatic hydroxyl groups is 1. The molecule has 0 bridgehead atoms. The third kappa shape index (κ3) is 8.32. The van der Waals surface area contributed by atoms with Crippen molar-refractivity contribution in [2.24, 2.45) is 0 Å². The van der Waals surface area contributed by atoms with Crippen molar-refractivity contribution in [3.8, 4) is 0 Å². The highest BCUT2D eigenvalue weighted by Crippen LogP contribution is 2.47. The van der Waals surface area contributed by atoms with E-state index in [0.29, 0.717) is 0 Å². The Hall–Kier alpha value is 0.500. The van der Waals surface area contributed by atoms with Crippen LogP contribution in [0.25, 0.3) is 0 Å². The number of hydrogen-bond acceptors (Lipinski definition) is 8. The molecule has 0 saturated heterocycles. The number of hydrogen-bond donors (Lipinski definition) is 5. The van der Waals surface area contributed by atoms with E-state index in [1.165, 1.54) is 0 Å². The summed E-state index contributed by atoms with van der Waals surface area (Å²) >= 11 is 0. The smallest absolute Gasteiger partial charge is 0.317 e. The number of quaternary nitrogens is 1. The topological polar surface area (TPSA) is 167 Å². The zero-order valence-corrected chi connectivity index (χ0v) is 9.68. The standard InChI is InChI=1S/C4H14N2O7P2/c5-13-15(11,12)4-6(1-2-7)3-14(8,9)10/h7H,1-4H2,5H3,(H2-,8,9,10,11,12)/p+1. The van der Waals surface area contributed by atoms with Crippen molar-refractivity contribution in [2.75, 3.05) is 25.7 Å². The van der Waals surface area contributed by atoms with Crippen molar-refractivity contribution >= 4 is 15.9 Å². The van der Waals surface area contributed by atoms with Gasteiger partial charge in [0, 0.05) is 6.54 Å². The molecule has 0 amide bonds. The van der Waals surface area contributed by atoms with E-state index < -0.39 is 35.1 Å². The summed E-state index contributed by atoms with van der Waals surface area (Å²) in [6, 6.07) is 0.